The largest absolute Gasteiger partial charge is 0.489 e. The van der Waals surface area contributed by atoms with Gasteiger partial charge in [-0.2, -0.15) is 0 Å². The Kier molecular flexibility index (Phi) is 6.64. The van der Waals surface area contributed by atoms with Crippen LogP contribution >= 0.6 is 0 Å². The standard InChI is InChI=1S/C27H26N3O3/c1-28(2)25-14-16-29(17-15-25)19-21-6-10-23(11-7-21)24-12-8-22(9-13-24)20-33-27-5-3-4-26(18-27)30(31)32/h3-18H,19-20H2,1-2H3/q+1. The number of pyridine rings is 1. The Balaban J connectivity index is 1.36. The molecule has 0 bridgehead atoms. The number of nitrogens with zero attached hydrogens (tertiary/aromatic N) is 3. The third-order valence-electron chi connectivity index (χ3n) is 5.43. The van der Waals surface area contributed by atoms with Crippen LogP contribution in [0.3, 0.4) is 0 Å². The SMILES string of the molecule is CN(C)c1cc[n+](Cc2ccc(-c3ccc(COc4cccc([N+](=O)[O-])c4)cc3)cc2)cc1. The van der Waals surface area contributed by atoms with Gasteiger partial charge in [-0.15, -0.1) is 0 Å². The Morgan fingerprint density at radius 2 is 1.45 bits per heavy atom. The van der Waals surface area contributed by atoms with E-state index in [1.807, 2.05) is 26.2 Å². The van der Waals surface area contributed by atoms with Crippen molar-refractivity contribution in [3.05, 3.63) is 119 Å². The minimum Gasteiger partial charge on any atom is -0.489 e. The molecule has 0 saturated carbocycles. The zero-order valence-corrected chi connectivity index (χ0v) is 18.7. The zero-order chi connectivity index (χ0) is 23.2. The van der Waals surface area contributed by atoms with Crippen LogP contribution in [0.2, 0.25) is 0 Å². The number of hydrogen-bond donors (Lipinski definition) is 0. The highest BCUT2D eigenvalue weighted by Gasteiger charge is 2.07. The molecular weight excluding hydrogens is 414 g/mol. The topological polar surface area (TPSA) is 59.5 Å². The number of hydrogen-bond acceptors (Lipinski definition) is 4. The molecule has 0 atom stereocenters. The van der Waals surface area contributed by atoms with Crippen molar-refractivity contribution in [3.8, 4) is 16.9 Å². The lowest BCUT2D eigenvalue weighted by atomic mass is 10.0. The molecule has 6 heteroatoms. The number of aromatic nitrogens is 1. The van der Waals surface area contributed by atoms with Gasteiger partial charge in [0.2, 0.25) is 0 Å². The van der Waals surface area contributed by atoms with Crippen LogP contribution in [0.5, 0.6) is 5.75 Å². The lowest BCUT2D eigenvalue weighted by Gasteiger charge is -2.10. The molecule has 33 heavy (non-hydrogen) atoms. The third-order valence-corrected chi connectivity index (χ3v) is 5.43. The van der Waals surface area contributed by atoms with Gasteiger partial charge in [-0.25, -0.2) is 4.57 Å². The maximum atomic E-state index is 10.9. The van der Waals surface area contributed by atoms with E-state index in [0.29, 0.717) is 12.4 Å². The van der Waals surface area contributed by atoms with Crippen molar-refractivity contribution in [2.24, 2.45) is 0 Å². The number of rotatable bonds is 8. The Morgan fingerprint density at radius 1 is 0.848 bits per heavy atom. The Labute approximate surface area is 193 Å². The molecule has 3 aromatic carbocycles. The fraction of sp³-hybridized carbons (Fsp3) is 0.148. The van der Waals surface area contributed by atoms with Crippen LogP contribution in [0.15, 0.2) is 97.3 Å². The Morgan fingerprint density at radius 3 is 2.03 bits per heavy atom. The quantitative estimate of drug-likeness (QED) is 0.214. The molecule has 4 rings (SSSR count). The fourth-order valence-electron chi connectivity index (χ4n) is 3.51. The van der Waals surface area contributed by atoms with E-state index in [0.717, 1.165) is 23.2 Å². The van der Waals surface area contributed by atoms with Crippen LogP contribution in [0.1, 0.15) is 11.1 Å². The third kappa shape index (κ3) is 5.74. The molecular formula is C27H26N3O3+. The van der Waals surface area contributed by atoms with Crippen molar-refractivity contribution < 1.29 is 14.2 Å². The lowest BCUT2D eigenvalue weighted by molar-refractivity contribution is -0.688. The first-order chi connectivity index (χ1) is 16.0. The van der Waals surface area contributed by atoms with Gasteiger partial charge in [-0.1, -0.05) is 54.6 Å². The van der Waals surface area contributed by atoms with E-state index >= 15 is 0 Å². The van der Waals surface area contributed by atoms with Crippen molar-refractivity contribution in [2.45, 2.75) is 13.2 Å². The van der Waals surface area contributed by atoms with E-state index in [-0.39, 0.29) is 5.69 Å². The number of non-ortho nitro benzene ring substituents is 1. The van der Waals surface area contributed by atoms with Gasteiger partial charge in [-0.3, -0.25) is 10.1 Å². The van der Waals surface area contributed by atoms with E-state index in [1.54, 1.807) is 12.1 Å². The lowest BCUT2D eigenvalue weighted by Crippen LogP contribution is -2.33. The number of nitro groups is 1. The summed E-state index contributed by atoms with van der Waals surface area (Å²) < 4.78 is 7.88. The highest BCUT2D eigenvalue weighted by Crippen LogP contribution is 2.23. The molecule has 0 spiro atoms. The summed E-state index contributed by atoms with van der Waals surface area (Å²) in [6.07, 6.45) is 4.19. The molecule has 0 aliphatic rings. The molecule has 4 aromatic rings. The average molecular weight is 441 g/mol. The predicted octanol–water partition coefficient (Wildman–Crippen LogP) is 5.24. The minimum absolute atomic E-state index is 0.0234. The van der Waals surface area contributed by atoms with E-state index in [9.17, 15) is 10.1 Å². The molecule has 0 N–H and O–H groups in total. The molecule has 0 amide bonds. The number of anilines is 1. The van der Waals surface area contributed by atoms with Crippen molar-refractivity contribution in [1.82, 2.24) is 0 Å². The van der Waals surface area contributed by atoms with Gasteiger partial charge in [-0.05, 0) is 22.8 Å². The van der Waals surface area contributed by atoms with Crippen LogP contribution in [0, 0.1) is 10.1 Å². The highest BCUT2D eigenvalue weighted by molar-refractivity contribution is 5.64. The molecule has 0 aliphatic carbocycles. The van der Waals surface area contributed by atoms with Gasteiger partial charge in [0.1, 0.15) is 12.4 Å². The molecule has 166 valence electrons. The summed E-state index contributed by atoms with van der Waals surface area (Å²) in [5, 5.41) is 10.9. The first-order valence-electron chi connectivity index (χ1n) is 10.7. The smallest absolute Gasteiger partial charge is 0.273 e. The summed E-state index contributed by atoms with van der Waals surface area (Å²) in [5.74, 6) is 0.484. The van der Waals surface area contributed by atoms with E-state index in [2.05, 4.69) is 70.4 Å². The summed E-state index contributed by atoms with van der Waals surface area (Å²) in [6.45, 7) is 1.17. The van der Waals surface area contributed by atoms with Crippen LogP contribution in [0.25, 0.3) is 11.1 Å². The van der Waals surface area contributed by atoms with E-state index < -0.39 is 4.92 Å². The predicted molar refractivity (Wildman–Crippen MR) is 129 cm³/mol. The average Bonchev–Trinajstić information content (AvgIpc) is 2.84. The van der Waals surface area contributed by atoms with Gasteiger partial charge >= 0.3 is 0 Å². The minimum atomic E-state index is -0.424. The van der Waals surface area contributed by atoms with Gasteiger partial charge in [0.15, 0.2) is 18.9 Å². The molecule has 0 unspecified atom stereocenters. The number of ether oxygens (including phenoxy) is 1. The van der Waals surface area contributed by atoms with Crippen molar-refractivity contribution in [3.63, 3.8) is 0 Å². The summed E-state index contributed by atoms with van der Waals surface area (Å²) in [7, 11) is 4.07. The van der Waals surface area contributed by atoms with Crippen LogP contribution in [-0.2, 0) is 13.2 Å². The monoisotopic (exact) mass is 440 g/mol. The van der Waals surface area contributed by atoms with Gasteiger partial charge < -0.3 is 9.64 Å². The second kappa shape index (κ2) is 9.96. The maximum absolute atomic E-state index is 10.9. The summed E-state index contributed by atoms with van der Waals surface area (Å²) >= 11 is 0. The second-order valence-corrected chi connectivity index (χ2v) is 8.06. The molecule has 1 aromatic heterocycles. The number of nitro benzene ring substituents is 1. The van der Waals surface area contributed by atoms with Crippen molar-refractivity contribution in [2.75, 3.05) is 19.0 Å². The first kappa shape index (κ1) is 22.0. The maximum Gasteiger partial charge on any atom is 0.273 e. The Hall–Kier alpha value is -4.19. The molecule has 6 nitrogen and oxygen atoms in total. The van der Waals surface area contributed by atoms with Crippen LogP contribution < -0.4 is 14.2 Å². The van der Waals surface area contributed by atoms with Crippen LogP contribution in [0.4, 0.5) is 11.4 Å². The van der Waals surface area contributed by atoms with Gasteiger partial charge in [0.25, 0.3) is 5.69 Å². The fourth-order valence-corrected chi connectivity index (χ4v) is 3.51. The van der Waals surface area contributed by atoms with Crippen molar-refractivity contribution in [1.29, 1.82) is 0 Å². The Bertz CT molecular complexity index is 1220. The van der Waals surface area contributed by atoms with E-state index in [4.69, 9.17) is 4.74 Å². The van der Waals surface area contributed by atoms with Gasteiger partial charge in [0.05, 0.1) is 11.0 Å². The summed E-state index contributed by atoms with van der Waals surface area (Å²) in [4.78, 5) is 12.6. The van der Waals surface area contributed by atoms with Crippen molar-refractivity contribution >= 4 is 11.4 Å². The molecule has 0 saturated heterocycles. The van der Waals surface area contributed by atoms with Crippen LogP contribution in [-0.4, -0.2) is 19.0 Å². The second-order valence-electron chi connectivity index (χ2n) is 8.06. The highest BCUT2D eigenvalue weighted by atomic mass is 16.6. The van der Waals surface area contributed by atoms with Gasteiger partial charge in [0, 0.05) is 43.5 Å². The molecule has 0 radical (unpaired) electrons. The number of benzene rings is 3. The normalized spacial score (nSPS) is 10.6. The molecule has 1 heterocycles. The van der Waals surface area contributed by atoms with E-state index in [1.165, 1.54) is 23.4 Å². The zero-order valence-electron chi connectivity index (χ0n) is 18.7. The summed E-state index contributed by atoms with van der Waals surface area (Å²) in [6, 6.07) is 27.2. The summed E-state index contributed by atoms with van der Waals surface area (Å²) in [5.41, 5.74) is 5.72. The molecule has 0 aliphatic heterocycles. The molecule has 0 fully saturated rings. The first-order valence-corrected chi connectivity index (χ1v) is 10.7.